The summed E-state index contributed by atoms with van der Waals surface area (Å²) >= 11 is 0. The highest BCUT2D eigenvalue weighted by molar-refractivity contribution is 5.82. The van der Waals surface area contributed by atoms with Gasteiger partial charge in [0.05, 0.1) is 5.54 Å². The second-order valence-corrected chi connectivity index (χ2v) is 6.52. The van der Waals surface area contributed by atoms with Crippen molar-refractivity contribution in [1.29, 1.82) is 0 Å². The Bertz CT molecular complexity index is 390. The fraction of sp³-hybridized carbons (Fsp3) is 0.875. The van der Waals surface area contributed by atoms with Gasteiger partial charge in [0.1, 0.15) is 12.2 Å². The standard InChI is InChI=1S/C16H28N2O4/c1-3-8-16(2,18-15(20)13-7-5-10-22-13)11-17-14(19)12-6-4-9-21-12/h12-13H,3-11H2,1-2H3,(H,17,19)(H,18,20)/t12-,13+,16+/m0/s1. The first-order valence-electron chi connectivity index (χ1n) is 8.37. The summed E-state index contributed by atoms with van der Waals surface area (Å²) < 4.78 is 10.8. The molecule has 6 heteroatoms. The van der Waals surface area contributed by atoms with Crippen molar-refractivity contribution in [3.8, 4) is 0 Å². The zero-order chi connectivity index (χ0) is 16.0. The molecule has 0 aliphatic carbocycles. The molecule has 0 spiro atoms. The number of carbonyl (C=O) groups excluding carboxylic acids is 2. The van der Waals surface area contributed by atoms with E-state index in [9.17, 15) is 9.59 Å². The molecular weight excluding hydrogens is 284 g/mol. The van der Waals surface area contributed by atoms with Crippen molar-refractivity contribution in [1.82, 2.24) is 10.6 Å². The molecule has 2 N–H and O–H groups in total. The molecule has 0 aromatic heterocycles. The zero-order valence-corrected chi connectivity index (χ0v) is 13.7. The molecule has 2 amide bonds. The molecule has 0 aromatic rings. The normalized spacial score (nSPS) is 27.4. The second kappa shape index (κ2) is 7.92. The highest BCUT2D eigenvalue weighted by Crippen LogP contribution is 2.17. The molecule has 3 atom stereocenters. The van der Waals surface area contributed by atoms with Crippen molar-refractivity contribution < 1.29 is 19.1 Å². The number of hydrogen-bond donors (Lipinski definition) is 2. The zero-order valence-electron chi connectivity index (χ0n) is 13.7. The molecule has 2 aliphatic rings. The topological polar surface area (TPSA) is 76.7 Å². The Hall–Kier alpha value is -1.14. The summed E-state index contributed by atoms with van der Waals surface area (Å²) in [6.07, 6.45) is 4.47. The summed E-state index contributed by atoms with van der Waals surface area (Å²) in [4.78, 5) is 24.3. The highest BCUT2D eigenvalue weighted by Gasteiger charge is 2.32. The molecule has 6 nitrogen and oxygen atoms in total. The van der Waals surface area contributed by atoms with E-state index in [0.29, 0.717) is 19.8 Å². The van der Waals surface area contributed by atoms with Crippen LogP contribution in [-0.2, 0) is 19.1 Å². The van der Waals surface area contributed by atoms with Crippen LogP contribution >= 0.6 is 0 Å². The Morgan fingerprint density at radius 3 is 2.18 bits per heavy atom. The lowest BCUT2D eigenvalue weighted by Gasteiger charge is -2.32. The third kappa shape index (κ3) is 4.68. The number of carbonyl (C=O) groups is 2. The van der Waals surface area contributed by atoms with Crippen molar-refractivity contribution in [3.05, 3.63) is 0 Å². The maximum absolute atomic E-state index is 12.3. The lowest BCUT2D eigenvalue weighted by molar-refractivity contribution is -0.133. The molecule has 0 bridgehead atoms. The van der Waals surface area contributed by atoms with Crippen LogP contribution < -0.4 is 10.6 Å². The van der Waals surface area contributed by atoms with Gasteiger partial charge >= 0.3 is 0 Å². The fourth-order valence-corrected chi connectivity index (χ4v) is 3.09. The first-order chi connectivity index (χ1) is 10.5. The summed E-state index contributed by atoms with van der Waals surface area (Å²) in [6, 6.07) is 0. The molecule has 2 aliphatic heterocycles. The molecule has 2 fully saturated rings. The minimum absolute atomic E-state index is 0.0696. The van der Waals surface area contributed by atoms with Crippen molar-refractivity contribution in [2.45, 2.75) is 70.1 Å². The van der Waals surface area contributed by atoms with Gasteiger partial charge in [0.15, 0.2) is 0 Å². The molecular formula is C16H28N2O4. The number of rotatable bonds is 7. The van der Waals surface area contributed by atoms with Crippen LogP contribution in [0.2, 0.25) is 0 Å². The van der Waals surface area contributed by atoms with E-state index in [1.54, 1.807) is 0 Å². The average molecular weight is 312 g/mol. The summed E-state index contributed by atoms with van der Waals surface area (Å²) in [5, 5.41) is 5.99. The highest BCUT2D eigenvalue weighted by atomic mass is 16.5. The summed E-state index contributed by atoms with van der Waals surface area (Å²) in [5.41, 5.74) is -0.452. The summed E-state index contributed by atoms with van der Waals surface area (Å²) in [7, 11) is 0. The second-order valence-electron chi connectivity index (χ2n) is 6.52. The quantitative estimate of drug-likeness (QED) is 0.739. The van der Waals surface area contributed by atoms with Crippen LogP contribution in [0.5, 0.6) is 0 Å². The first kappa shape index (κ1) is 17.2. The molecule has 0 saturated carbocycles. The van der Waals surface area contributed by atoms with Crippen LogP contribution in [0.4, 0.5) is 0 Å². The Morgan fingerprint density at radius 2 is 1.68 bits per heavy atom. The number of hydrogen-bond acceptors (Lipinski definition) is 4. The van der Waals surface area contributed by atoms with Gasteiger partial charge in [0.2, 0.25) is 11.8 Å². The minimum Gasteiger partial charge on any atom is -0.368 e. The smallest absolute Gasteiger partial charge is 0.249 e. The SMILES string of the molecule is CCC[C@](C)(CNC(=O)[C@@H]1CCCO1)NC(=O)[C@H]1CCCO1. The third-order valence-electron chi connectivity index (χ3n) is 4.32. The first-order valence-corrected chi connectivity index (χ1v) is 8.37. The lowest BCUT2D eigenvalue weighted by atomic mass is 9.95. The largest absolute Gasteiger partial charge is 0.368 e. The van der Waals surface area contributed by atoms with Crippen LogP contribution in [0.3, 0.4) is 0 Å². The number of amides is 2. The van der Waals surface area contributed by atoms with E-state index in [-0.39, 0.29) is 24.0 Å². The van der Waals surface area contributed by atoms with E-state index >= 15 is 0 Å². The van der Waals surface area contributed by atoms with Gasteiger partial charge in [-0.1, -0.05) is 13.3 Å². The molecule has 22 heavy (non-hydrogen) atoms. The van der Waals surface area contributed by atoms with Crippen LogP contribution in [0.15, 0.2) is 0 Å². The Labute approximate surface area is 132 Å². The molecule has 126 valence electrons. The van der Waals surface area contributed by atoms with E-state index in [1.165, 1.54) is 0 Å². The van der Waals surface area contributed by atoms with Crippen molar-refractivity contribution >= 4 is 11.8 Å². The van der Waals surface area contributed by atoms with E-state index in [4.69, 9.17) is 9.47 Å². The van der Waals surface area contributed by atoms with Crippen molar-refractivity contribution in [2.24, 2.45) is 0 Å². The van der Waals surface area contributed by atoms with Crippen molar-refractivity contribution in [2.75, 3.05) is 19.8 Å². The van der Waals surface area contributed by atoms with E-state index in [0.717, 1.165) is 38.5 Å². The van der Waals surface area contributed by atoms with Gasteiger partial charge in [-0.25, -0.2) is 0 Å². The minimum atomic E-state index is -0.452. The van der Waals surface area contributed by atoms with Crippen LogP contribution in [0.1, 0.15) is 52.4 Å². The maximum atomic E-state index is 12.3. The Balaban J connectivity index is 1.85. The lowest BCUT2D eigenvalue weighted by Crippen LogP contribution is -2.56. The molecule has 2 rings (SSSR count). The Kier molecular flexibility index (Phi) is 6.20. The van der Waals surface area contributed by atoms with Crippen LogP contribution in [-0.4, -0.2) is 49.3 Å². The molecule has 2 saturated heterocycles. The number of ether oxygens (including phenoxy) is 2. The molecule has 2 heterocycles. The van der Waals surface area contributed by atoms with Gasteiger partial charge in [-0.2, -0.15) is 0 Å². The molecule has 0 unspecified atom stereocenters. The van der Waals surface area contributed by atoms with Gasteiger partial charge in [-0.15, -0.1) is 0 Å². The fourth-order valence-electron chi connectivity index (χ4n) is 3.09. The predicted molar refractivity (Wildman–Crippen MR) is 82.4 cm³/mol. The third-order valence-corrected chi connectivity index (χ3v) is 4.32. The van der Waals surface area contributed by atoms with Gasteiger partial charge < -0.3 is 20.1 Å². The van der Waals surface area contributed by atoms with Gasteiger partial charge in [0.25, 0.3) is 0 Å². The molecule has 0 aromatic carbocycles. The summed E-state index contributed by atoms with van der Waals surface area (Å²) in [6.45, 7) is 5.76. The average Bonchev–Trinajstić information content (AvgIpc) is 3.17. The predicted octanol–water partition coefficient (Wildman–Crippen LogP) is 1.14. The summed E-state index contributed by atoms with van der Waals surface area (Å²) in [5.74, 6) is -0.147. The number of nitrogens with one attached hydrogen (secondary N) is 2. The van der Waals surface area contributed by atoms with E-state index < -0.39 is 5.54 Å². The van der Waals surface area contributed by atoms with Gasteiger partial charge in [0, 0.05) is 19.8 Å². The van der Waals surface area contributed by atoms with Crippen LogP contribution in [0.25, 0.3) is 0 Å². The van der Waals surface area contributed by atoms with Crippen LogP contribution in [0, 0.1) is 0 Å². The van der Waals surface area contributed by atoms with Gasteiger partial charge in [-0.3, -0.25) is 9.59 Å². The van der Waals surface area contributed by atoms with E-state index in [2.05, 4.69) is 17.6 Å². The Morgan fingerprint density at radius 1 is 1.09 bits per heavy atom. The maximum Gasteiger partial charge on any atom is 0.249 e. The van der Waals surface area contributed by atoms with Crippen molar-refractivity contribution in [3.63, 3.8) is 0 Å². The van der Waals surface area contributed by atoms with Gasteiger partial charge in [-0.05, 0) is 39.0 Å². The van der Waals surface area contributed by atoms with E-state index in [1.807, 2.05) is 6.92 Å². The molecule has 0 radical (unpaired) electrons. The monoisotopic (exact) mass is 312 g/mol.